The summed E-state index contributed by atoms with van der Waals surface area (Å²) in [5.41, 5.74) is 2.43. The van der Waals surface area contributed by atoms with E-state index in [2.05, 4.69) is 20.9 Å². The van der Waals surface area contributed by atoms with E-state index in [-0.39, 0.29) is 12.8 Å². The van der Waals surface area contributed by atoms with Crippen molar-refractivity contribution >= 4 is 40.6 Å². The number of amides is 3. The Morgan fingerprint density at radius 3 is 2.21 bits per heavy atom. The van der Waals surface area contributed by atoms with Crippen LogP contribution in [0, 0.1) is 5.92 Å². The number of H-pyrrole nitrogens is 1. The van der Waals surface area contributed by atoms with Gasteiger partial charge in [0.2, 0.25) is 17.7 Å². The average Bonchev–Trinajstić information content (AvgIpc) is 3.37. The summed E-state index contributed by atoms with van der Waals surface area (Å²) in [5.74, 6) is -4.39. The van der Waals surface area contributed by atoms with Crippen molar-refractivity contribution in [3.8, 4) is 5.75 Å². The number of ether oxygens (including phenoxy) is 1. The Morgan fingerprint density at radius 2 is 1.55 bits per heavy atom. The van der Waals surface area contributed by atoms with E-state index < -0.39 is 60.7 Å². The van der Waals surface area contributed by atoms with Crippen LogP contribution in [0.25, 0.3) is 10.9 Å². The van der Waals surface area contributed by atoms with E-state index in [1.165, 1.54) is 0 Å². The van der Waals surface area contributed by atoms with E-state index in [0.29, 0.717) is 18.7 Å². The number of fused-ring (bicyclic) bond motifs is 1. The minimum Gasteiger partial charge on any atom is -0.482 e. The molecular formula is C30H36N4O8. The molecule has 0 aliphatic carbocycles. The number of carbonyl (C=O) groups is 5. The zero-order valence-electron chi connectivity index (χ0n) is 23.5. The molecule has 3 rings (SSSR count). The predicted molar refractivity (Wildman–Crippen MR) is 154 cm³/mol. The van der Waals surface area contributed by atoms with Crippen molar-refractivity contribution in [1.82, 2.24) is 20.9 Å². The lowest BCUT2D eigenvalue weighted by Crippen LogP contribution is -2.55. The summed E-state index contributed by atoms with van der Waals surface area (Å²) in [6, 6.07) is 11.7. The molecule has 0 unspecified atom stereocenters. The molecule has 3 aromatic rings. The van der Waals surface area contributed by atoms with Gasteiger partial charge in [-0.25, -0.2) is 4.79 Å². The zero-order chi connectivity index (χ0) is 30.6. The van der Waals surface area contributed by atoms with Crippen LogP contribution >= 0.6 is 0 Å². The molecule has 1 heterocycles. The molecule has 2 aromatic carbocycles. The van der Waals surface area contributed by atoms with Crippen LogP contribution in [0.4, 0.5) is 0 Å². The summed E-state index contributed by atoms with van der Waals surface area (Å²) >= 11 is 0. The predicted octanol–water partition coefficient (Wildman–Crippen LogP) is 2.02. The number of rotatable bonds is 16. The molecule has 12 heteroatoms. The van der Waals surface area contributed by atoms with Gasteiger partial charge in [-0.15, -0.1) is 0 Å². The van der Waals surface area contributed by atoms with Crippen LogP contribution in [-0.4, -0.2) is 70.1 Å². The summed E-state index contributed by atoms with van der Waals surface area (Å²) in [4.78, 5) is 64.7. The molecule has 0 bridgehead atoms. The Labute approximate surface area is 242 Å². The Bertz CT molecular complexity index is 1400. The molecule has 224 valence electrons. The number of benzene rings is 2. The summed E-state index contributed by atoms with van der Waals surface area (Å²) in [7, 11) is 0. The smallest absolute Gasteiger partial charge is 0.341 e. The van der Waals surface area contributed by atoms with E-state index in [4.69, 9.17) is 9.84 Å². The van der Waals surface area contributed by atoms with Gasteiger partial charge in [0.15, 0.2) is 6.61 Å². The first-order chi connectivity index (χ1) is 20.1. The van der Waals surface area contributed by atoms with E-state index in [0.717, 1.165) is 22.0 Å². The maximum Gasteiger partial charge on any atom is 0.341 e. The average molecular weight is 581 g/mol. The summed E-state index contributed by atoms with van der Waals surface area (Å²) in [6.07, 6.45) is 2.21. The quantitative estimate of drug-likeness (QED) is 0.148. The number of nitrogens with one attached hydrogen (secondary N) is 4. The van der Waals surface area contributed by atoms with Crippen molar-refractivity contribution < 1.29 is 38.9 Å². The second-order valence-electron chi connectivity index (χ2n) is 10.0. The second kappa shape index (κ2) is 15.2. The number of hydrogen-bond donors (Lipinski definition) is 6. The highest BCUT2D eigenvalue weighted by atomic mass is 16.5. The van der Waals surface area contributed by atoms with Gasteiger partial charge in [0, 0.05) is 36.0 Å². The van der Waals surface area contributed by atoms with Crippen LogP contribution in [0.2, 0.25) is 0 Å². The molecule has 0 fully saturated rings. The Kier molecular flexibility index (Phi) is 11.5. The number of aromatic nitrogens is 1. The van der Waals surface area contributed by atoms with E-state index in [9.17, 15) is 29.1 Å². The van der Waals surface area contributed by atoms with Crippen LogP contribution in [-0.2, 0) is 36.8 Å². The lowest BCUT2D eigenvalue weighted by atomic mass is 9.99. The number of aromatic amines is 1. The van der Waals surface area contributed by atoms with Crippen LogP contribution in [0.5, 0.6) is 5.75 Å². The SMILES string of the molecule is CCCNC(=O)[C@H](Cc1c[nH]c2ccccc12)NC(=O)[C@H](CC(=O)O)NC(=O)[C@@H](C)Cc1ccc(OCC(=O)O)cc1. The molecule has 0 aliphatic heterocycles. The van der Waals surface area contributed by atoms with E-state index >= 15 is 0 Å². The fourth-order valence-corrected chi connectivity index (χ4v) is 4.38. The third-order valence-electron chi connectivity index (χ3n) is 6.57. The standard InChI is InChI=1S/C30H36N4O8/c1-3-12-31-29(40)24(14-20-16-32-23-7-5-4-6-22(20)23)34-30(41)25(15-26(35)36)33-28(39)18(2)13-19-8-10-21(11-9-19)42-17-27(37)38/h4-11,16,18,24-25,32H,3,12-15,17H2,1-2H3,(H,31,40)(H,33,39)(H,34,41)(H,35,36)(H,37,38)/t18-,24-,25-/m0/s1. The first kappa shape index (κ1) is 31.7. The van der Waals surface area contributed by atoms with Crippen molar-refractivity contribution in [2.24, 2.45) is 5.92 Å². The monoisotopic (exact) mass is 580 g/mol. The summed E-state index contributed by atoms with van der Waals surface area (Å²) in [5, 5.41) is 27.0. The topological polar surface area (TPSA) is 187 Å². The molecule has 3 atom stereocenters. The summed E-state index contributed by atoms with van der Waals surface area (Å²) in [6.45, 7) is 3.46. The molecule has 0 spiro atoms. The molecule has 12 nitrogen and oxygen atoms in total. The normalized spacial score (nSPS) is 13.0. The molecule has 0 radical (unpaired) electrons. The van der Waals surface area contributed by atoms with Crippen LogP contribution in [0.15, 0.2) is 54.7 Å². The maximum atomic E-state index is 13.3. The zero-order valence-corrected chi connectivity index (χ0v) is 23.5. The first-order valence-electron chi connectivity index (χ1n) is 13.7. The fraction of sp³-hybridized carbons (Fsp3) is 0.367. The number of carbonyl (C=O) groups excluding carboxylic acids is 3. The highest BCUT2D eigenvalue weighted by molar-refractivity contribution is 5.95. The third kappa shape index (κ3) is 9.36. The van der Waals surface area contributed by atoms with Crippen LogP contribution in [0.3, 0.4) is 0 Å². The minimum atomic E-state index is -1.41. The van der Waals surface area contributed by atoms with Crippen LogP contribution in [0.1, 0.15) is 37.8 Å². The highest BCUT2D eigenvalue weighted by Crippen LogP contribution is 2.20. The third-order valence-corrected chi connectivity index (χ3v) is 6.57. The Balaban J connectivity index is 1.69. The van der Waals surface area contributed by atoms with Crippen molar-refractivity contribution in [2.75, 3.05) is 13.2 Å². The largest absolute Gasteiger partial charge is 0.482 e. The van der Waals surface area contributed by atoms with Gasteiger partial charge < -0.3 is 35.9 Å². The molecule has 6 N–H and O–H groups in total. The Morgan fingerprint density at radius 1 is 0.857 bits per heavy atom. The van der Waals surface area contributed by atoms with Gasteiger partial charge in [-0.05, 0) is 42.2 Å². The van der Waals surface area contributed by atoms with Gasteiger partial charge in [-0.2, -0.15) is 0 Å². The van der Waals surface area contributed by atoms with Crippen molar-refractivity contribution in [3.63, 3.8) is 0 Å². The number of hydrogen-bond acceptors (Lipinski definition) is 6. The highest BCUT2D eigenvalue weighted by Gasteiger charge is 2.30. The lowest BCUT2D eigenvalue weighted by molar-refractivity contribution is -0.141. The lowest BCUT2D eigenvalue weighted by Gasteiger charge is -2.23. The van der Waals surface area contributed by atoms with E-state index in [1.807, 2.05) is 31.2 Å². The van der Waals surface area contributed by atoms with Crippen LogP contribution < -0.4 is 20.7 Å². The molecule has 3 amide bonds. The fourth-order valence-electron chi connectivity index (χ4n) is 4.38. The van der Waals surface area contributed by atoms with Gasteiger partial charge in [-0.3, -0.25) is 19.2 Å². The summed E-state index contributed by atoms with van der Waals surface area (Å²) < 4.78 is 5.11. The minimum absolute atomic E-state index is 0.154. The van der Waals surface area contributed by atoms with Gasteiger partial charge in [0.05, 0.1) is 6.42 Å². The number of para-hydroxylation sites is 1. The number of carboxylic acids is 2. The molecule has 42 heavy (non-hydrogen) atoms. The Hall–Kier alpha value is -4.87. The van der Waals surface area contributed by atoms with Crippen molar-refractivity contribution in [1.29, 1.82) is 0 Å². The molecule has 0 saturated heterocycles. The number of carboxylic acid groups (broad SMARTS) is 2. The maximum absolute atomic E-state index is 13.3. The second-order valence-corrected chi connectivity index (χ2v) is 10.0. The molecule has 0 aliphatic rings. The molecule has 0 saturated carbocycles. The van der Waals surface area contributed by atoms with Gasteiger partial charge in [-0.1, -0.05) is 44.2 Å². The van der Waals surface area contributed by atoms with Gasteiger partial charge in [0.1, 0.15) is 17.8 Å². The van der Waals surface area contributed by atoms with Crippen molar-refractivity contribution in [2.45, 2.75) is 51.6 Å². The molecular weight excluding hydrogens is 544 g/mol. The van der Waals surface area contributed by atoms with Crippen molar-refractivity contribution in [3.05, 3.63) is 65.9 Å². The molecule has 1 aromatic heterocycles. The first-order valence-corrected chi connectivity index (χ1v) is 13.7. The van der Waals surface area contributed by atoms with Gasteiger partial charge >= 0.3 is 11.9 Å². The van der Waals surface area contributed by atoms with Gasteiger partial charge in [0.25, 0.3) is 0 Å². The van der Waals surface area contributed by atoms with E-state index in [1.54, 1.807) is 37.4 Å². The number of aliphatic carboxylic acids is 2.